The molecule has 7 heavy (non-hydrogen) atoms. The van der Waals surface area contributed by atoms with Gasteiger partial charge in [-0.05, 0) is 11.0 Å². The van der Waals surface area contributed by atoms with E-state index < -0.39 is 0 Å². The summed E-state index contributed by atoms with van der Waals surface area (Å²) in [4.78, 5) is 0. The fraction of sp³-hybridized carbons (Fsp3) is 0. The molecule has 0 aromatic carbocycles. The smallest absolute Gasteiger partial charge is 0.0208 e. The van der Waals surface area contributed by atoms with Crippen molar-refractivity contribution in [3.63, 3.8) is 0 Å². The summed E-state index contributed by atoms with van der Waals surface area (Å²) in [6, 6.07) is 0. The molecule has 0 nitrogen and oxygen atoms in total. The van der Waals surface area contributed by atoms with Crippen LogP contribution in [0.5, 0.6) is 0 Å². The van der Waals surface area contributed by atoms with Crippen molar-refractivity contribution in [2.75, 3.05) is 0 Å². The highest BCUT2D eigenvalue weighted by molar-refractivity contribution is 7.83. The van der Waals surface area contributed by atoms with Gasteiger partial charge in [0.15, 0.2) is 0 Å². The normalized spacial score (nSPS) is 7.00. The number of allylic oxidation sites excluding steroid dienone is 3. The molecular formula is C6H8S. The monoisotopic (exact) mass is 112 g/mol. The minimum atomic E-state index is 0.948. The van der Waals surface area contributed by atoms with E-state index in [4.69, 9.17) is 0 Å². The maximum Gasteiger partial charge on any atom is -0.0208 e. The standard InChI is InChI=1S/C6H8S/c1-3-6(4-2)5-7/h3-5,7H,1-2H2. The summed E-state index contributed by atoms with van der Waals surface area (Å²) in [5, 5.41) is 1.65. The molecule has 0 aliphatic carbocycles. The highest BCUT2D eigenvalue weighted by atomic mass is 32.1. The third-order valence-corrected chi connectivity index (χ3v) is 0.919. The first-order valence-corrected chi connectivity index (χ1v) is 2.46. The summed E-state index contributed by atoms with van der Waals surface area (Å²) in [5.41, 5.74) is 0.948. The molecular weight excluding hydrogens is 104 g/mol. The van der Waals surface area contributed by atoms with E-state index in [2.05, 4.69) is 25.8 Å². The van der Waals surface area contributed by atoms with Crippen molar-refractivity contribution < 1.29 is 0 Å². The topological polar surface area (TPSA) is 0 Å². The van der Waals surface area contributed by atoms with Gasteiger partial charge in [-0.15, -0.1) is 0 Å². The van der Waals surface area contributed by atoms with Gasteiger partial charge in [-0.1, -0.05) is 25.3 Å². The number of hydrogen-bond donors (Lipinski definition) is 1. The van der Waals surface area contributed by atoms with Crippen molar-refractivity contribution >= 4 is 12.6 Å². The van der Waals surface area contributed by atoms with Crippen molar-refractivity contribution in [2.24, 2.45) is 0 Å². The van der Waals surface area contributed by atoms with Gasteiger partial charge in [-0.25, -0.2) is 0 Å². The lowest BCUT2D eigenvalue weighted by molar-refractivity contribution is 1.79. The van der Waals surface area contributed by atoms with Crippen molar-refractivity contribution in [1.82, 2.24) is 0 Å². The van der Waals surface area contributed by atoms with Gasteiger partial charge < -0.3 is 0 Å². The zero-order valence-electron chi connectivity index (χ0n) is 4.09. The van der Waals surface area contributed by atoms with Gasteiger partial charge >= 0.3 is 0 Å². The Kier molecular flexibility index (Phi) is 3.52. The molecule has 0 N–H and O–H groups in total. The van der Waals surface area contributed by atoms with Crippen LogP contribution in [-0.2, 0) is 0 Å². The van der Waals surface area contributed by atoms with Crippen LogP contribution in [0.3, 0.4) is 0 Å². The molecule has 0 bridgehead atoms. The highest BCUT2D eigenvalue weighted by Crippen LogP contribution is 1.96. The molecule has 0 unspecified atom stereocenters. The minimum absolute atomic E-state index is 0.948. The van der Waals surface area contributed by atoms with Gasteiger partial charge in [0.2, 0.25) is 0 Å². The van der Waals surface area contributed by atoms with Crippen LogP contribution in [0.2, 0.25) is 0 Å². The maximum absolute atomic E-state index is 3.87. The number of rotatable bonds is 2. The molecule has 0 saturated carbocycles. The predicted octanol–water partition coefficient (Wildman–Crippen LogP) is 2.17. The zero-order valence-corrected chi connectivity index (χ0v) is 4.99. The van der Waals surface area contributed by atoms with E-state index in [0.29, 0.717) is 0 Å². The number of hydrogen-bond acceptors (Lipinski definition) is 1. The first-order valence-electron chi connectivity index (χ1n) is 1.94. The van der Waals surface area contributed by atoms with Crippen LogP contribution in [0.25, 0.3) is 0 Å². The van der Waals surface area contributed by atoms with Crippen LogP contribution in [-0.4, -0.2) is 0 Å². The molecule has 0 rings (SSSR count). The fourth-order valence-electron chi connectivity index (χ4n) is 0.189. The molecule has 0 atom stereocenters. The Hall–Kier alpha value is -0.430. The van der Waals surface area contributed by atoms with E-state index in [1.165, 1.54) is 0 Å². The Morgan fingerprint density at radius 2 is 1.71 bits per heavy atom. The molecule has 0 amide bonds. The lowest BCUT2D eigenvalue weighted by Crippen LogP contribution is -1.59. The summed E-state index contributed by atoms with van der Waals surface area (Å²) < 4.78 is 0. The average molecular weight is 112 g/mol. The van der Waals surface area contributed by atoms with Gasteiger partial charge in [0, 0.05) is 0 Å². The molecule has 0 aromatic heterocycles. The van der Waals surface area contributed by atoms with Gasteiger partial charge in [-0.3, -0.25) is 0 Å². The van der Waals surface area contributed by atoms with Crippen LogP contribution in [0.1, 0.15) is 0 Å². The lowest BCUT2D eigenvalue weighted by Gasteiger charge is -1.81. The SMILES string of the molecule is C=CC(C=C)=CS. The van der Waals surface area contributed by atoms with Gasteiger partial charge in [0.25, 0.3) is 0 Å². The third kappa shape index (κ3) is 2.29. The Labute approximate surface area is 49.7 Å². The molecule has 1 heteroatoms. The van der Waals surface area contributed by atoms with Gasteiger partial charge in [0.05, 0.1) is 0 Å². The Bertz CT molecular complexity index is 90.7. The van der Waals surface area contributed by atoms with Crippen molar-refractivity contribution in [2.45, 2.75) is 0 Å². The summed E-state index contributed by atoms with van der Waals surface area (Å²) in [5.74, 6) is 0. The van der Waals surface area contributed by atoms with Gasteiger partial charge in [-0.2, -0.15) is 12.6 Å². The van der Waals surface area contributed by atoms with E-state index in [9.17, 15) is 0 Å². The van der Waals surface area contributed by atoms with Crippen molar-refractivity contribution in [3.8, 4) is 0 Å². The second kappa shape index (κ2) is 3.75. The van der Waals surface area contributed by atoms with Crippen LogP contribution in [0, 0.1) is 0 Å². The molecule has 0 aliphatic rings. The molecule has 0 saturated heterocycles. The van der Waals surface area contributed by atoms with Crippen LogP contribution < -0.4 is 0 Å². The minimum Gasteiger partial charge on any atom is -0.151 e. The molecule has 38 valence electrons. The Morgan fingerprint density at radius 1 is 1.29 bits per heavy atom. The van der Waals surface area contributed by atoms with E-state index in [1.54, 1.807) is 17.6 Å². The first-order chi connectivity index (χ1) is 3.35. The van der Waals surface area contributed by atoms with Crippen LogP contribution in [0.15, 0.2) is 36.3 Å². The van der Waals surface area contributed by atoms with E-state index in [0.717, 1.165) is 5.57 Å². The molecule has 0 spiro atoms. The van der Waals surface area contributed by atoms with Crippen LogP contribution in [0.4, 0.5) is 0 Å². The van der Waals surface area contributed by atoms with E-state index in [-0.39, 0.29) is 0 Å². The second-order valence-electron chi connectivity index (χ2n) is 1.04. The maximum atomic E-state index is 3.87. The Morgan fingerprint density at radius 3 is 1.71 bits per heavy atom. The first kappa shape index (κ1) is 6.57. The highest BCUT2D eigenvalue weighted by Gasteiger charge is 1.72. The molecule has 0 radical (unpaired) electrons. The third-order valence-electron chi connectivity index (χ3n) is 0.620. The van der Waals surface area contributed by atoms with Crippen LogP contribution >= 0.6 is 12.6 Å². The largest absolute Gasteiger partial charge is 0.151 e. The molecule has 0 fully saturated rings. The Balaban J connectivity index is 3.85. The molecule has 0 aromatic rings. The van der Waals surface area contributed by atoms with E-state index >= 15 is 0 Å². The zero-order chi connectivity index (χ0) is 5.70. The summed E-state index contributed by atoms with van der Waals surface area (Å²) in [7, 11) is 0. The quantitative estimate of drug-likeness (QED) is 0.411. The average Bonchev–Trinajstić information content (AvgIpc) is 1.72. The van der Waals surface area contributed by atoms with E-state index in [1.807, 2.05) is 0 Å². The number of thiol groups is 1. The summed E-state index contributed by atoms with van der Waals surface area (Å²) in [6.07, 6.45) is 3.39. The van der Waals surface area contributed by atoms with Gasteiger partial charge in [0.1, 0.15) is 0 Å². The van der Waals surface area contributed by atoms with Crippen molar-refractivity contribution in [3.05, 3.63) is 36.3 Å². The predicted molar refractivity (Wildman–Crippen MR) is 37.5 cm³/mol. The molecule has 0 heterocycles. The summed E-state index contributed by atoms with van der Waals surface area (Å²) in [6.45, 7) is 7.03. The summed E-state index contributed by atoms with van der Waals surface area (Å²) >= 11 is 3.87. The lowest BCUT2D eigenvalue weighted by atomic mass is 10.3. The molecule has 0 aliphatic heterocycles. The fourth-order valence-corrected chi connectivity index (χ4v) is 0.400. The van der Waals surface area contributed by atoms with Crippen molar-refractivity contribution in [1.29, 1.82) is 0 Å². The second-order valence-corrected chi connectivity index (χ2v) is 1.30.